The lowest BCUT2D eigenvalue weighted by Gasteiger charge is -2.26. The van der Waals surface area contributed by atoms with E-state index in [1.807, 2.05) is 0 Å². The molecular weight excluding hydrogens is 1690 g/mol. The maximum Gasteiger partial charge on any atom is 0.119 e. The van der Waals surface area contributed by atoms with Crippen molar-refractivity contribution in [3.05, 3.63) is 261 Å². The van der Waals surface area contributed by atoms with Gasteiger partial charge in [0, 0.05) is 110 Å². The first-order valence-corrected chi connectivity index (χ1v) is 48.7. The molecule has 694 valence electrons. The van der Waals surface area contributed by atoms with Gasteiger partial charge in [0.2, 0.25) is 0 Å². The Balaban J connectivity index is 1.00. The Bertz CT molecular complexity index is 8060. The van der Waals surface area contributed by atoms with Crippen LogP contribution in [0.1, 0.15) is 233 Å². The van der Waals surface area contributed by atoms with E-state index in [0.717, 1.165) is 245 Å². The average Bonchev–Trinajstić information content (AvgIpc) is 1.51. The van der Waals surface area contributed by atoms with Crippen LogP contribution in [0.5, 0.6) is 23.0 Å². The minimum Gasteiger partial charge on any atom is -0.497 e. The second kappa shape index (κ2) is 30.6. The number of fused-ring (bicyclic) bond motifs is 12. The molecular formula is C124H124N10O4. The molecule has 0 radical (unpaired) electrons. The van der Waals surface area contributed by atoms with Crippen molar-refractivity contribution in [3.8, 4) is 112 Å². The molecule has 4 N–H and O–H groups in total. The van der Waals surface area contributed by atoms with E-state index in [9.17, 15) is 0 Å². The Morgan fingerprint density at radius 1 is 0.232 bits per heavy atom. The molecule has 10 aromatic heterocycles. The first kappa shape index (κ1) is 89.0. The smallest absolute Gasteiger partial charge is 0.119 e. The van der Waals surface area contributed by atoms with Crippen LogP contribution >= 0.6 is 0 Å². The molecule has 0 fully saturated rings. The van der Waals surface area contributed by atoms with Crippen LogP contribution in [0.3, 0.4) is 0 Å². The minimum absolute atomic E-state index is 0.260. The molecule has 16 heterocycles. The van der Waals surface area contributed by atoms with Crippen LogP contribution in [0.4, 0.5) is 0 Å². The number of nitrogens with zero attached hydrogens (tertiary/aromatic N) is 6. The highest BCUT2D eigenvalue weighted by Crippen LogP contribution is 2.54. The van der Waals surface area contributed by atoms with Gasteiger partial charge in [-0.05, 0) is 256 Å². The van der Waals surface area contributed by atoms with Crippen LogP contribution < -0.4 is 18.9 Å². The number of rotatable bonds is 9. The fraction of sp³-hybridized carbons (Fsp3) is 0.290. The summed E-state index contributed by atoms with van der Waals surface area (Å²) in [7, 11) is 7.03. The predicted octanol–water partition coefficient (Wildman–Crippen LogP) is 32.7. The summed E-state index contributed by atoms with van der Waals surface area (Å²) in [5.41, 5.74) is 39.9. The fourth-order valence-corrected chi connectivity index (χ4v) is 21.3. The molecule has 24 rings (SSSR count). The Kier molecular flexibility index (Phi) is 19.8. The number of pyridine rings is 2. The lowest BCUT2D eigenvalue weighted by molar-refractivity contribution is 0.415. The Morgan fingerprint density at radius 2 is 0.500 bits per heavy atom. The summed E-state index contributed by atoms with van der Waals surface area (Å²) >= 11 is 0. The summed E-state index contributed by atoms with van der Waals surface area (Å²) in [5.74, 6) is 2.94. The summed E-state index contributed by atoms with van der Waals surface area (Å²) in [4.78, 5) is 42.6. The van der Waals surface area contributed by atoms with E-state index in [0.29, 0.717) is 0 Å². The van der Waals surface area contributed by atoms with Gasteiger partial charge < -0.3 is 48.0 Å². The molecule has 0 unspecified atom stereocenters. The quantitative estimate of drug-likeness (QED) is 0.111. The van der Waals surface area contributed by atoms with Gasteiger partial charge in [-0.15, -0.1) is 0 Å². The van der Waals surface area contributed by atoms with Crippen LogP contribution in [0.25, 0.3) is 223 Å². The highest BCUT2D eigenvalue weighted by Gasteiger charge is 2.36. The molecule has 8 aromatic carbocycles. The first-order valence-electron chi connectivity index (χ1n) is 48.7. The Morgan fingerprint density at radius 3 is 0.790 bits per heavy atom. The number of hydrogen-bond donors (Lipinski definition) is 4. The third-order valence-electron chi connectivity index (χ3n) is 29.4. The van der Waals surface area contributed by atoms with Crippen LogP contribution in [-0.2, 0) is 43.3 Å². The number of hydrogen-bond acceptors (Lipinski definition) is 8. The lowest BCUT2D eigenvalue weighted by Crippen LogP contribution is -2.16. The largest absolute Gasteiger partial charge is 0.497 e. The van der Waals surface area contributed by atoms with Gasteiger partial charge in [0.1, 0.15) is 23.0 Å². The molecule has 6 aliphatic heterocycles. The van der Waals surface area contributed by atoms with E-state index < -0.39 is 0 Å². The summed E-state index contributed by atoms with van der Waals surface area (Å²) in [6.07, 6.45) is 9.02. The third kappa shape index (κ3) is 14.5. The van der Waals surface area contributed by atoms with Crippen LogP contribution in [0.2, 0.25) is 0 Å². The van der Waals surface area contributed by atoms with Gasteiger partial charge in [-0.3, -0.25) is 0 Å². The molecule has 0 atom stereocenters. The molecule has 0 saturated carbocycles. The Labute approximate surface area is 808 Å². The number of H-pyrrole nitrogens is 4. The van der Waals surface area contributed by atoms with Gasteiger partial charge >= 0.3 is 0 Å². The second-order valence-corrected chi connectivity index (χ2v) is 47.1. The van der Waals surface area contributed by atoms with Crippen molar-refractivity contribution < 1.29 is 18.9 Å². The van der Waals surface area contributed by atoms with Crippen LogP contribution in [-0.4, -0.2) is 77.4 Å². The first-order chi connectivity index (χ1) is 65.2. The monoisotopic (exact) mass is 1820 g/mol. The normalized spacial score (nSPS) is 13.4. The lowest BCUT2D eigenvalue weighted by atomic mass is 9.78. The number of nitrogens with one attached hydrogen (secondary N) is 4. The van der Waals surface area contributed by atoms with Gasteiger partial charge in [0.05, 0.1) is 118 Å². The maximum atomic E-state index is 6.36. The maximum absolute atomic E-state index is 6.36. The average molecular weight is 1820 g/mol. The summed E-state index contributed by atoms with van der Waals surface area (Å²) in [6.45, 7) is 55.7. The topological polar surface area (TPSA) is 162 Å². The predicted molar refractivity (Wildman–Crippen MR) is 580 cm³/mol. The van der Waals surface area contributed by atoms with E-state index in [1.54, 1.807) is 28.4 Å². The van der Waals surface area contributed by atoms with Gasteiger partial charge in [-0.2, -0.15) is 0 Å². The van der Waals surface area contributed by atoms with E-state index in [4.69, 9.17) is 38.9 Å². The van der Waals surface area contributed by atoms with E-state index >= 15 is 0 Å². The number of ether oxygens (including phenoxy) is 4. The van der Waals surface area contributed by atoms with E-state index in [1.165, 1.54) is 44.5 Å². The van der Waals surface area contributed by atoms with Crippen molar-refractivity contribution in [2.75, 3.05) is 28.4 Å². The molecule has 138 heavy (non-hydrogen) atoms. The number of aromatic nitrogens is 10. The second-order valence-electron chi connectivity index (χ2n) is 47.1. The van der Waals surface area contributed by atoms with Gasteiger partial charge in [-0.1, -0.05) is 239 Å². The zero-order valence-corrected chi connectivity index (χ0v) is 85.1. The standard InChI is InChI=1S/C124H124N10O4/c1-117(2,3)69-45-65(46-70(53-69)118(4,5)6)105-87-33-37-91(125-87)111(93-39-35-89(127-93)107(67-49-73(121(13,14)15)55-74(50-67)122(16,17)18)97-63-103-115(131-97)109-85-59-79(137-27)31-43-101(85)133(103)99-41-29-77(135-25)57-81(99)83-61-95(105)129-113(83)109)112-92-38-34-88(126-92)106(66-47-71(119(7,8)9)54-72(48-66)120(10,11)12)96-62-84-82-58-78(136-26)30-42-100(82)134-102-44-32-80(138-28)60-86(102)110(114(84)130-96)116-104(134)64-98(132-116)108(90-36-40-94(112)128-90)68-51-75(123(19,20)21)56-76(52-68)124(22,23)24/h29-64,127-130H,1-28H3. The molecule has 0 spiro atoms. The van der Waals surface area contributed by atoms with Crippen LogP contribution in [0.15, 0.2) is 194 Å². The van der Waals surface area contributed by atoms with Crippen molar-refractivity contribution in [1.82, 2.24) is 49.0 Å². The van der Waals surface area contributed by atoms with Gasteiger partial charge in [0.15, 0.2) is 0 Å². The highest BCUT2D eigenvalue weighted by atomic mass is 16.5. The molecule has 20 bridgehead atoms. The number of aromatic amines is 4. The zero-order chi connectivity index (χ0) is 97.1. The third-order valence-corrected chi connectivity index (χ3v) is 29.4. The SMILES string of the molecule is COc1ccc2c(c1)-c1cc3[nH]c1c1c4cc(OC)ccc4n-2c2cc(nc12)c(-c1cc(C(C)(C)C)cc(C(C)(C)C)c1)c1ccc([nH]1)c(-c1c2nc(c(-c4cc(C(C)(C)C)cc(C(C)(C)C)c4)c4cc5c([nH]4)c4c6cc(OC)ccc6n(c6cc(nc46)c(-c4cc(C(C)(C)C)cc(C(C)(C)C)c4)c4ccc1[nH]4)-c1ccc(OC)cc1-5)C=C2)c1nc(c3-c2cc(C(C)(C)C)cc(C(C)(C)C)c2)C=C1. The molecule has 0 aliphatic carbocycles. The van der Waals surface area contributed by atoms with E-state index in [2.05, 4.69) is 414 Å². The highest BCUT2D eigenvalue weighted by molar-refractivity contribution is 6.27. The Hall–Kier alpha value is -14.2. The zero-order valence-electron chi connectivity index (χ0n) is 85.1. The van der Waals surface area contributed by atoms with Crippen LogP contribution in [0, 0.1) is 0 Å². The van der Waals surface area contributed by atoms with Gasteiger partial charge in [0.25, 0.3) is 0 Å². The number of benzene rings is 8. The summed E-state index contributed by atoms with van der Waals surface area (Å²) < 4.78 is 30.0. The molecule has 18 aromatic rings. The molecule has 0 amide bonds. The molecule has 14 heteroatoms. The summed E-state index contributed by atoms with van der Waals surface area (Å²) in [6, 6.07) is 73.5. The molecule has 0 saturated heterocycles. The summed E-state index contributed by atoms with van der Waals surface area (Å²) in [5, 5.41) is 3.87. The molecule has 14 nitrogen and oxygen atoms in total. The number of methoxy groups -OCH3 is 4. The van der Waals surface area contributed by atoms with Crippen molar-refractivity contribution >= 4 is 134 Å². The van der Waals surface area contributed by atoms with E-state index in [-0.39, 0.29) is 43.3 Å². The minimum atomic E-state index is -0.265. The van der Waals surface area contributed by atoms with Crippen molar-refractivity contribution in [2.45, 2.75) is 209 Å². The molecule has 6 aliphatic rings. The van der Waals surface area contributed by atoms with Crippen molar-refractivity contribution in [1.29, 1.82) is 0 Å². The van der Waals surface area contributed by atoms with Gasteiger partial charge in [-0.25, -0.2) is 19.9 Å². The fourth-order valence-electron chi connectivity index (χ4n) is 21.3. The van der Waals surface area contributed by atoms with Crippen molar-refractivity contribution in [3.63, 3.8) is 0 Å². The van der Waals surface area contributed by atoms with Crippen molar-refractivity contribution in [2.24, 2.45) is 0 Å².